The summed E-state index contributed by atoms with van der Waals surface area (Å²) in [5, 5.41) is 1.38. The summed E-state index contributed by atoms with van der Waals surface area (Å²) in [6.07, 6.45) is 3.86. The Hall–Kier alpha value is -2.41. The van der Waals surface area contributed by atoms with Gasteiger partial charge in [0.1, 0.15) is 0 Å². The fraction of sp³-hybridized carbons (Fsp3) is 0.292. The Balaban J connectivity index is 0.000000758. The molecular weight excluding hydrogens is 302 g/mol. The zero-order valence-electron chi connectivity index (χ0n) is 15.5. The average molecular weight is 328 g/mol. The third-order valence-corrected chi connectivity index (χ3v) is 5.38. The van der Waals surface area contributed by atoms with Crippen LogP contribution in [-0.4, -0.2) is 0 Å². The molecule has 2 aromatic carbocycles. The van der Waals surface area contributed by atoms with Crippen LogP contribution in [0, 0.1) is 6.92 Å². The molecule has 25 heavy (non-hydrogen) atoms. The molecule has 1 nitrogen and oxygen atoms in total. The van der Waals surface area contributed by atoms with Gasteiger partial charge in [0.2, 0.25) is 11.2 Å². The SMILES string of the molecule is CC.Cc1ccc2c(c1)c(-c1ccccc1)cc1[n+]2CC2=C1CCC2. The Kier molecular flexibility index (Phi) is 4.17. The maximum Gasteiger partial charge on any atom is 0.213 e. The monoisotopic (exact) mass is 328 g/mol. The third kappa shape index (κ3) is 2.59. The van der Waals surface area contributed by atoms with Crippen molar-refractivity contribution in [3.05, 3.63) is 71.4 Å². The number of aromatic nitrogens is 1. The standard InChI is InChI=1S/C22H20N.C2H6/c1-15-10-11-21-20(12-15)19(16-6-3-2-4-7-16)13-22-18-9-5-8-17(18)14-23(21)22;1-2/h2-4,6-7,10-13H,5,8-9,14H2,1H3;1-2H3/q+1;. The predicted molar refractivity (Wildman–Crippen MR) is 106 cm³/mol. The highest BCUT2D eigenvalue weighted by Crippen LogP contribution is 2.40. The molecule has 0 atom stereocenters. The summed E-state index contributed by atoms with van der Waals surface area (Å²) in [6.45, 7) is 7.28. The molecule has 1 aliphatic heterocycles. The lowest BCUT2D eigenvalue weighted by Crippen LogP contribution is -2.36. The molecule has 1 aromatic heterocycles. The van der Waals surface area contributed by atoms with E-state index in [1.807, 2.05) is 13.8 Å². The summed E-state index contributed by atoms with van der Waals surface area (Å²) in [7, 11) is 0. The average Bonchev–Trinajstić information content (AvgIpc) is 3.25. The van der Waals surface area contributed by atoms with Crippen molar-refractivity contribution in [1.29, 1.82) is 0 Å². The Bertz CT molecular complexity index is 964. The van der Waals surface area contributed by atoms with Crippen LogP contribution in [0.4, 0.5) is 0 Å². The molecule has 0 saturated carbocycles. The minimum Gasteiger partial charge on any atom is -0.187 e. The van der Waals surface area contributed by atoms with E-state index >= 15 is 0 Å². The molecule has 0 saturated heterocycles. The molecule has 2 heterocycles. The highest BCUT2D eigenvalue weighted by Gasteiger charge is 2.34. The number of hydrogen-bond donors (Lipinski definition) is 0. The molecule has 0 spiro atoms. The number of aryl methyl sites for hydroxylation is 1. The quantitative estimate of drug-likeness (QED) is 0.477. The van der Waals surface area contributed by atoms with Crippen LogP contribution in [-0.2, 0) is 6.54 Å². The van der Waals surface area contributed by atoms with E-state index in [4.69, 9.17) is 0 Å². The van der Waals surface area contributed by atoms with Crippen LogP contribution in [0.5, 0.6) is 0 Å². The zero-order chi connectivity index (χ0) is 17.4. The van der Waals surface area contributed by atoms with Gasteiger partial charge in [-0.25, -0.2) is 0 Å². The summed E-state index contributed by atoms with van der Waals surface area (Å²) in [6, 6.07) is 20.2. The van der Waals surface area contributed by atoms with Crippen LogP contribution in [0.3, 0.4) is 0 Å². The van der Waals surface area contributed by atoms with E-state index in [2.05, 4.69) is 66.1 Å². The van der Waals surface area contributed by atoms with Gasteiger partial charge in [-0.3, -0.25) is 0 Å². The fourth-order valence-electron chi connectivity index (χ4n) is 4.28. The van der Waals surface area contributed by atoms with Crippen molar-refractivity contribution >= 4 is 16.5 Å². The summed E-state index contributed by atoms with van der Waals surface area (Å²) >= 11 is 0. The largest absolute Gasteiger partial charge is 0.213 e. The second kappa shape index (κ2) is 6.48. The van der Waals surface area contributed by atoms with Crippen molar-refractivity contribution in [3.63, 3.8) is 0 Å². The summed E-state index contributed by atoms with van der Waals surface area (Å²) < 4.78 is 2.53. The maximum atomic E-state index is 2.53. The lowest BCUT2D eigenvalue weighted by atomic mass is 9.97. The number of pyridine rings is 1. The Labute approximate surface area is 150 Å². The first-order valence-electron chi connectivity index (χ1n) is 9.55. The van der Waals surface area contributed by atoms with Gasteiger partial charge >= 0.3 is 0 Å². The maximum absolute atomic E-state index is 2.53. The molecule has 3 aromatic rings. The van der Waals surface area contributed by atoms with Crippen molar-refractivity contribution in [2.24, 2.45) is 0 Å². The second-order valence-electron chi connectivity index (χ2n) is 6.85. The van der Waals surface area contributed by atoms with E-state index in [9.17, 15) is 0 Å². The number of benzene rings is 2. The predicted octanol–water partition coefficient (Wildman–Crippen LogP) is 6.08. The summed E-state index contributed by atoms with van der Waals surface area (Å²) in [5.74, 6) is 0. The van der Waals surface area contributed by atoms with E-state index in [0.717, 1.165) is 6.54 Å². The molecule has 5 rings (SSSR count). The topological polar surface area (TPSA) is 3.88 Å². The van der Waals surface area contributed by atoms with Gasteiger partial charge in [0.15, 0.2) is 6.54 Å². The summed E-state index contributed by atoms with van der Waals surface area (Å²) in [4.78, 5) is 0. The molecule has 0 N–H and O–H groups in total. The van der Waals surface area contributed by atoms with E-state index in [-0.39, 0.29) is 0 Å². The first kappa shape index (κ1) is 16.1. The van der Waals surface area contributed by atoms with Gasteiger partial charge in [0, 0.05) is 28.8 Å². The van der Waals surface area contributed by atoms with Crippen molar-refractivity contribution in [3.8, 4) is 11.1 Å². The normalized spacial score (nSPS) is 15.0. The molecule has 0 amide bonds. The first-order chi connectivity index (χ1) is 12.3. The van der Waals surface area contributed by atoms with Crippen LogP contribution in [0.2, 0.25) is 0 Å². The van der Waals surface area contributed by atoms with Crippen LogP contribution in [0.15, 0.2) is 60.2 Å². The number of nitrogens with zero attached hydrogens (tertiary/aromatic N) is 1. The van der Waals surface area contributed by atoms with E-state index < -0.39 is 0 Å². The Morgan fingerprint density at radius 3 is 2.48 bits per heavy atom. The van der Waals surface area contributed by atoms with Gasteiger partial charge in [-0.15, -0.1) is 0 Å². The van der Waals surface area contributed by atoms with E-state index in [1.54, 1.807) is 11.1 Å². The fourth-order valence-corrected chi connectivity index (χ4v) is 4.28. The number of rotatable bonds is 1. The molecule has 0 fully saturated rings. The molecule has 1 heteroatoms. The van der Waals surface area contributed by atoms with Crippen LogP contribution >= 0.6 is 0 Å². The van der Waals surface area contributed by atoms with Crippen LogP contribution in [0.1, 0.15) is 44.4 Å². The van der Waals surface area contributed by atoms with Crippen molar-refractivity contribution in [2.45, 2.75) is 46.6 Å². The van der Waals surface area contributed by atoms with E-state index in [1.165, 1.54) is 52.5 Å². The highest BCUT2D eigenvalue weighted by molar-refractivity contribution is 5.95. The van der Waals surface area contributed by atoms with Gasteiger partial charge in [-0.05, 0) is 37.8 Å². The first-order valence-corrected chi connectivity index (χ1v) is 9.55. The summed E-state index contributed by atoms with van der Waals surface area (Å²) in [5.41, 5.74) is 10.1. The van der Waals surface area contributed by atoms with Crippen molar-refractivity contribution < 1.29 is 4.57 Å². The molecule has 1 aliphatic carbocycles. The molecular formula is C24H26N+. The third-order valence-electron chi connectivity index (χ3n) is 5.38. The zero-order valence-corrected chi connectivity index (χ0v) is 15.5. The minimum absolute atomic E-state index is 1.10. The van der Waals surface area contributed by atoms with Gasteiger partial charge < -0.3 is 0 Å². The Morgan fingerprint density at radius 2 is 1.68 bits per heavy atom. The number of hydrogen-bond acceptors (Lipinski definition) is 0. The lowest BCUT2D eigenvalue weighted by molar-refractivity contribution is -0.660. The second-order valence-corrected chi connectivity index (χ2v) is 6.85. The smallest absolute Gasteiger partial charge is 0.187 e. The highest BCUT2D eigenvalue weighted by atomic mass is 15.0. The van der Waals surface area contributed by atoms with Gasteiger partial charge in [0.25, 0.3) is 0 Å². The minimum atomic E-state index is 1.10. The molecule has 0 unspecified atom stereocenters. The Morgan fingerprint density at radius 1 is 0.880 bits per heavy atom. The molecule has 0 bridgehead atoms. The van der Waals surface area contributed by atoms with Crippen molar-refractivity contribution in [2.75, 3.05) is 0 Å². The molecule has 126 valence electrons. The van der Waals surface area contributed by atoms with Crippen molar-refractivity contribution in [1.82, 2.24) is 0 Å². The van der Waals surface area contributed by atoms with Crippen LogP contribution < -0.4 is 4.57 Å². The van der Waals surface area contributed by atoms with Gasteiger partial charge in [-0.2, -0.15) is 4.57 Å². The number of allylic oxidation sites excluding steroid dienone is 2. The van der Waals surface area contributed by atoms with Gasteiger partial charge in [-0.1, -0.05) is 55.8 Å². The molecule has 0 radical (unpaired) electrons. The lowest BCUT2D eigenvalue weighted by Gasteiger charge is -2.10. The molecule has 2 aliphatic rings. The number of fused-ring (bicyclic) bond motifs is 4. The van der Waals surface area contributed by atoms with E-state index in [0.29, 0.717) is 0 Å². The van der Waals surface area contributed by atoms with Gasteiger partial charge in [0.05, 0.1) is 5.39 Å². The van der Waals surface area contributed by atoms with Crippen LogP contribution in [0.25, 0.3) is 27.6 Å².